The lowest BCUT2D eigenvalue weighted by Gasteiger charge is -2.29. The van der Waals surface area contributed by atoms with Crippen LogP contribution < -0.4 is 5.32 Å². The van der Waals surface area contributed by atoms with E-state index in [2.05, 4.69) is 26.1 Å². The highest BCUT2D eigenvalue weighted by atomic mass is 16.2. The van der Waals surface area contributed by atoms with Crippen molar-refractivity contribution >= 4 is 5.91 Å². The van der Waals surface area contributed by atoms with Gasteiger partial charge in [0.2, 0.25) is 5.91 Å². The lowest BCUT2D eigenvalue weighted by molar-refractivity contribution is -0.132. The van der Waals surface area contributed by atoms with Gasteiger partial charge < -0.3 is 10.2 Å². The third-order valence-corrected chi connectivity index (χ3v) is 3.79. The van der Waals surface area contributed by atoms with Gasteiger partial charge in [-0.1, -0.05) is 40.0 Å². The topological polar surface area (TPSA) is 32.3 Å². The minimum atomic E-state index is -0.0784. The SMILES string of the molecule is CCCCCC(C)(C)CNC(C)C(=O)N(CC)CC. The van der Waals surface area contributed by atoms with Crippen LogP contribution >= 0.6 is 0 Å². The molecule has 3 nitrogen and oxygen atoms in total. The number of nitrogens with zero attached hydrogens (tertiary/aromatic N) is 1. The molecule has 1 N–H and O–H groups in total. The van der Waals surface area contributed by atoms with Gasteiger partial charge in [0.15, 0.2) is 0 Å². The zero-order chi connectivity index (χ0) is 14.9. The molecule has 1 unspecified atom stereocenters. The fourth-order valence-electron chi connectivity index (χ4n) is 2.27. The minimum Gasteiger partial charge on any atom is -0.342 e. The first kappa shape index (κ1) is 18.4. The third-order valence-electron chi connectivity index (χ3n) is 3.79. The van der Waals surface area contributed by atoms with E-state index < -0.39 is 0 Å². The Bertz CT molecular complexity index is 247. The zero-order valence-corrected chi connectivity index (χ0v) is 13.9. The van der Waals surface area contributed by atoms with Gasteiger partial charge in [0.05, 0.1) is 6.04 Å². The van der Waals surface area contributed by atoms with Gasteiger partial charge in [-0.25, -0.2) is 0 Å². The molecule has 19 heavy (non-hydrogen) atoms. The normalized spacial score (nSPS) is 13.4. The summed E-state index contributed by atoms with van der Waals surface area (Å²) in [5.41, 5.74) is 0.271. The van der Waals surface area contributed by atoms with Crippen LogP contribution in [0.25, 0.3) is 0 Å². The molecule has 0 aliphatic heterocycles. The van der Waals surface area contributed by atoms with E-state index in [1.165, 1.54) is 25.7 Å². The van der Waals surface area contributed by atoms with Crippen molar-refractivity contribution in [2.45, 2.75) is 73.3 Å². The Morgan fingerprint density at radius 2 is 1.74 bits per heavy atom. The smallest absolute Gasteiger partial charge is 0.239 e. The van der Waals surface area contributed by atoms with Crippen molar-refractivity contribution in [3.63, 3.8) is 0 Å². The number of amides is 1. The third kappa shape index (κ3) is 7.56. The van der Waals surface area contributed by atoms with E-state index in [0.29, 0.717) is 0 Å². The van der Waals surface area contributed by atoms with Crippen LogP contribution in [0.15, 0.2) is 0 Å². The Morgan fingerprint density at radius 1 is 1.16 bits per heavy atom. The van der Waals surface area contributed by atoms with Crippen LogP contribution in [0.5, 0.6) is 0 Å². The van der Waals surface area contributed by atoms with Crippen LogP contribution in [0.4, 0.5) is 0 Å². The van der Waals surface area contributed by atoms with Crippen LogP contribution in [0.1, 0.15) is 67.2 Å². The molecule has 0 aromatic rings. The number of carbonyl (C=O) groups is 1. The van der Waals surface area contributed by atoms with Gasteiger partial charge in [0.1, 0.15) is 0 Å². The number of nitrogens with one attached hydrogen (secondary N) is 1. The van der Waals surface area contributed by atoms with Gasteiger partial charge in [0.25, 0.3) is 0 Å². The van der Waals surface area contributed by atoms with Gasteiger partial charge in [0, 0.05) is 19.6 Å². The molecule has 1 amide bonds. The van der Waals surface area contributed by atoms with Crippen LogP contribution in [0.3, 0.4) is 0 Å². The van der Waals surface area contributed by atoms with Crippen molar-refractivity contribution in [2.24, 2.45) is 5.41 Å². The fourth-order valence-corrected chi connectivity index (χ4v) is 2.27. The number of carbonyl (C=O) groups excluding carboxylic acids is 1. The molecular formula is C16H34N2O. The summed E-state index contributed by atoms with van der Waals surface area (Å²) in [6, 6.07) is -0.0784. The number of unbranched alkanes of at least 4 members (excludes halogenated alkanes) is 2. The van der Waals surface area contributed by atoms with Crippen molar-refractivity contribution < 1.29 is 4.79 Å². The molecule has 3 heteroatoms. The Balaban J connectivity index is 4.12. The van der Waals surface area contributed by atoms with Crippen molar-refractivity contribution in [1.29, 1.82) is 0 Å². The molecule has 0 heterocycles. The molecule has 0 rings (SSSR count). The molecule has 0 spiro atoms. The van der Waals surface area contributed by atoms with E-state index in [0.717, 1.165) is 19.6 Å². The molecule has 0 radical (unpaired) electrons. The van der Waals surface area contributed by atoms with E-state index in [9.17, 15) is 4.79 Å². The molecule has 0 fully saturated rings. The van der Waals surface area contributed by atoms with Crippen molar-refractivity contribution in [1.82, 2.24) is 10.2 Å². The van der Waals surface area contributed by atoms with Crippen LogP contribution in [-0.2, 0) is 4.79 Å². The van der Waals surface area contributed by atoms with Crippen molar-refractivity contribution in [3.8, 4) is 0 Å². The highest BCUT2D eigenvalue weighted by molar-refractivity contribution is 5.81. The van der Waals surface area contributed by atoms with E-state index in [-0.39, 0.29) is 17.4 Å². The molecule has 0 aromatic heterocycles. The van der Waals surface area contributed by atoms with Gasteiger partial charge >= 0.3 is 0 Å². The molecule has 0 aromatic carbocycles. The largest absolute Gasteiger partial charge is 0.342 e. The van der Waals surface area contributed by atoms with Gasteiger partial charge in [-0.05, 0) is 32.6 Å². The number of hydrogen-bond acceptors (Lipinski definition) is 2. The molecular weight excluding hydrogens is 236 g/mol. The molecule has 0 aliphatic rings. The lowest BCUT2D eigenvalue weighted by atomic mass is 9.86. The van der Waals surface area contributed by atoms with Crippen LogP contribution in [-0.4, -0.2) is 36.5 Å². The summed E-state index contributed by atoms with van der Waals surface area (Å²) in [5, 5.41) is 3.41. The summed E-state index contributed by atoms with van der Waals surface area (Å²) in [6.07, 6.45) is 5.07. The standard InChI is InChI=1S/C16H34N2O/c1-7-10-11-12-16(5,6)13-17-14(4)15(19)18(8-2)9-3/h14,17H,7-13H2,1-6H3. The number of rotatable bonds is 10. The minimum absolute atomic E-state index is 0.0784. The Kier molecular flexibility index (Phi) is 9.07. The molecule has 0 saturated carbocycles. The first-order valence-electron chi connectivity index (χ1n) is 7.90. The number of likely N-dealkylation sites (N-methyl/N-ethyl adjacent to an activating group) is 1. The first-order chi connectivity index (χ1) is 8.87. The van der Waals surface area contributed by atoms with Crippen molar-refractivity contribution in [2.75, 3.05) is 19.6 Å². The summed E-state index contributed by atoms with van der Waals surface area (Å²) >= 11 is 0. The Morgan fingerprint density at radius 3 is 2.21 bits per heavy atom. The number of hydrogen-bond donors (Lipinski definition) is 1. The van der Waals surface area contributed by atoms with Gasteiger partial charge in [-0.15, -0.1) is 0 Å². The molecule has 0 saturated heterocycles. The maximum Gasteiger partial charge on any atom is 0.239 e. The molecule has 1 atom stereocenters. The Hall–Kier alpha value is -0.570. The first-order valence-corrected chi connectivity index (χ1v) is 7.90. The highest BCUT2D eigenvalue weighted by Crippen LogP contribution is 2.22. The summed E-state index contributed by atoms with van der Waals surface area (Å²) in [7, 11) is 0. The summed E-state index contributed by atoms with van der Waals surface area (Å²) < 4.78 is 0. The van der Waals surface area contributed by atoms with E-state index in [1.807, 2.05) is 25.7 Å². The van der Waals surface area contributed by atoms with Gasteiger partial charge in [-0.3, -0.25) is 4.79 Å². The second kappa shape index (κ2) is 9.35. The molecule has 0 bridgehead atoms. The molecule has 114 valence electrons. The monoisotopic (exact) mass is 270 g/mol. The lowest BCUT2D eigenvalue weighted by Crippen LogP contribution is -2.47. The predicted molar refractivity (Wildman–Crippen MR) is 83.3 cm³/mol. The van der Waals surface area contributed by atoms with E-state index in [1.54, 1.807) is 0 Å². The quantitative estimate of drug-likeness (QED) is 0.617. The summed E-state index contributed by atoms with van der Waals surface area (Å²) in [5.74, 6) is 0.217. The van der Waals surface area contributed by atoms with E-state index >= 15 is 0 Å². The van der Waals surface area contributed by atoms with Crippen molar-refractivity contribution in [3.05, 3.63) is 0 Å². The van der Waals surface area contributed by atoms with E-state index in [4.69, 9.17) is 0 Å². The van der Waals surface area contributed by atoms with Gasteiger partial charge in [-0.2, -0.15) is 0 Å². The second-order valence-electron chi connectivity index (χ2n) is 6.23. The molecule has 0 aliphatic carbocycles. The van der Waals surface area contributed by atoms with Crippen LogP contribution in [0.2, 0.25) is 0 Å². The zero-order valence-electron chi connectivity index (χ0n) is 13.9. The van der Waals surface area contributed by atoms with Crippen LogP contribution in [0, 0.1) is 5.41 Å². The maximum absolute atomic E-state index is 12.1. The average molecular weight is 270 g/mol. The summed E-state index contributed by atoms with van der Waals surface area (Å²) in [6.45, 7) is 15.3. The predicted octanol–water partition coefficient (Wildman–Crippen LogP) is 3.44. The Labute approximate surface area is 120 Å². The second-order valence-corrected chi connectivity index (χ2v) is 6.23. The average Bonchev–Trinajstić information content (AvgIpc) is 2.37. The fraction of sp³-hybridized carbons (Fsp3) is 0.938. The summed E-state index contributed by atoms with van der Waals surface area (Å²) in [4.78, 5) is 14.0. The highest BCUT2D eigenvalue weighted by Gasteiger charge is 2.22. The maximum atomic E-state index is 12.1.